The van der Waals surface area contributed by atoms with Crippen LogP contribution < -0.4 is 15.4 Å². The van der Waals surface area contributed by atoms with Gasteiger partial charge < -0.3 is 15.4 Å². The molecule has 1 aliphatic heterocycles. The average Bonchev–Trinajstić information content (AvgIpc) is 2.49. The second kappa shape index (κ2) is 4.82. The Labute approximate surface area is 101 Å². The summed E-state index contributed by atoms with van der Waals surface area (Å²) in [5.41, 5.74) is 1.73. The molecule has 2 rings (SSSR count). The monoisotopic (exact) mass is 238 g/mol. The Morgan fingerprint density at radius 1 is 1.35 bits per heavy atom. The molecule has 94 valence electrons. The molecular weight excluding hydrogens is 219 g/mol. The fourth-order valence-electron chi connectivity index (χ4n) is 2.11. The quantitative estimate of drug-likeness (QED) is 0.830. The number of nitrogens with one attached hydrogen (secondary N) is 2. The van der Waals surface area contributed by atoms with Crippen LogP contribution in [0.5, 0.6) is 5.75 Å². The van der Waals surface area contributed by atoms with Gasteiger partial charge in [0.05, 0.1) is 18.5 Å². The van der Waals surface area contributed by atoms with Crippen molar-refractivity contribution in [1.82, 2.24) is 0 Å². The highest BCUT2D eigenvalue weighted by molar-refractivity contribution is 5.72. The van der Waals surface area contributed by atoms with E-state index in [0.717, 1.165) is 24.3 Å². The van der Waals surface area contributed by atoms with Gasteiger partial charge in [0, 0.05) is 24.7 Å². The van der Waals surface area contributed by atoms with Gasteiger partial charge in [0.25, 0.3) is 0 Å². The summed E-state index contributed by atoms with van der Waals surface area (Å²) >= 11 is 0. The van der Waals surface area contributed by atoms with E-state index in [2.05, 4.69) is 24.5 Å². The molecule has 4 heteroatoms. The van der Waals surface area contributed by atoms with Crippen LogP contribution in [0.1, 0.15) is 20.3 Å². The lowest BCUT2D eigenvalue weighted by Crippen LogP contribution is -2.25. The van der Waals surface area contributed by atoms with Crippen LogP contribution in [0, 0.1) is 11.7 Å². The van der Waals surface area contributed by atoms with E-state index in [0.29, 0.717) is 12.0 Å². The third-order valence-corrected chi connectivity index (χ3v) is 3.21. The predicted molar refractivity (Wildman–Crippen MR) is 68.3 cm³/mol. The lowest BCUT2D eigenvalue weighted by Gasteiger charge is -2.21. The molecule has 1 atom stereocenters. The Morgan fingerprint density at radius 3 is 2.76 bits per heavy atom. The van der Waals surface area contributed by atoms with E-state index < -0.39 is 0 Å². The van der Waals surface area contributed by atoms with E-state index in [1.165, 1.54) is 13.2 Å². The van der Waals surface area contributed by atoms with Gasteiger partial charge in [-0.15, -0.1) is 0 Å². The Kier molecular flexibility index (Phi) is 3.41. The summed E-state index contributed by atoms with van der Waals surface area (Å²) in [6.07, 6.45) is 1.02. The van der Waals surface area contributed by atoms with E-state index in [-0.39, 0.29) is 11.6 Å². The second-order valence-electron chi connectivity index (χ2n) is 4.74. The molecule has 1 aromatic rings. The van der Waals surface area contributed by atoms with Crippen molar-refractivity contribution in [3.63, 3.8) is 0 Å². The minimum Gasteiger partial charge on any atom is -0.494 e. The Balaban J connectivity index is 2.33. The topological polar surface area (TPSA) is 33.3 Å². The van der Waals surface area contributed by atoms with Gasteiger partial charge in [-0.25, -0.2) is 4.39 Å². The number of anilines is 2. The summed E-state index contributed by atoms with van der Waals surface area (Å²) in [6, 6.07) is 3.61. The molecule has 1 aliphatic rings. The molecule has 1 aromatic carbocycles. The van der Waals surface area contributed by atoms with Crippen LogP contribution in [0.3, 0.4) is 0 Å². The van der Waals surface area contributed by atoms with Gasteiger partial charge in [-0.1, -0.05) is 13.8 Å². The number of fused-ring (bicyclic) bond motifs is 1. The van der Waals surface area contributed by atoms with Crippen LogP contribution >= 0.6 is 0 Å². The van der Waals surface area contributed by atoms with Crippen LogP contribution in [-0.2, 0) is 0 Å². The molecule has 17 heavy (non-hydrogen) atoms. The minimum atomic E-state index is -0.330. The molecule has 0 fully saturated rings. The van der Waals surface area contributed by atoms with Crippen molar-refractivity contribution in [2.24, 2.45) is 5.92 Å². The molecular formula is C13H19FN2O. The molecule has 1 unspecified atom stereocenters. The smallest absolute Gasteiger partial charge is 0.167 e. The zero-order chi connectivity index (χ0) is 12.4. The lowest BCUT2D eigenvalue weighted by molar-refractivity contribution is 0.387. The molecule has 1 heterocycles. The number of methoxy groups -OCH3 is 1. The molecule has 0 saturated carbocycles. The average molecular weight is 238 g/mol. The number of halogens is 1. The number of rotatable bonds is 2. The summed E-state index contributed by atoms with van der Waals surface area (Å²) in [6.45, 7) is 5.22. The summed E-state index contributed by atoms with van der Waals surface area (Å²) in [7, 11) is 1.48. The van der Waals surface area contributed by atoms with Crippen LogP contribution in [0.4, 0.5) is 15.8 Å². The first kappa shape index (κ1) is 12.0. The summed E-state index contributed by atoms with van der Waals surface area (Å²) in [5.74, 6) is 0.491. The second-order valence-corrected chi connectivity index (χ2v) is 4.74. The normalized spacial score (nSPS) is 19.0. The number of hydrogen-bond donors (Lipinski definition) is 2. The summed E-state index contributed by atoms with van der Waals surface area (Å²) in [5, 5.41) is 6.70. The van der Waals surface area contributed by atoms with E-state index in [1.54, 1.807) is 6.07 Å². The number of hydrogen-bond acceptors (Lipinski definition) is 3. The molecule has 0 bridgehead atoms. The van der Waals surface area contributed by atoms with Crippen molar-refractivity contribution >= 4 is 11.4 Å². The van der Waals surface area contributed by atoms with Gasteiger partial charge in [-0.3, -0.25) is 0 Å². The van der Waals surface area contributed by atoms with E-state index in [1.807, 2.05) is 0 Å². The standard InChI is InChI=1S/C13H19FN2O/c1-8(2)10-4-5-15-11-6-9(14)13(17-3)7-12(11)16-10/h6-8,10,15-16H,4-5H2,1-3H3. The van der Waals surface area contributed by atoms with Crippen molar-refractivity contribution < 1.29 is 9.13 Å². The first-order valence-corrected chi connectivity index (χ1v) is 5.99. The SMILES string of the molecule is COc1cc2c(cc1F)NCCC(C(C)C)N2. The first-order valence-electron chi connectivity index (χ1n) is 5.99. The Hall–Kier alpha value is -1.45. The largest absolute Gasteiger partial charge is 0.494 e. The highest BCUT2D eigenvalue weighted by Gasteiger charge is 2.20. The zero-order valence-corrected chi connectivity index (χ0v) is 10.5. The van der Waals surface area contributed by atoms with Crippen LogP contribution in [0.2, 0.25) is 0 Å². The summed E-state index contributed by atoms with van der Waals surface area (Å²) in [4.78, 5) is 0. The Morgan fingerprint density at radius 2 is 2.12 bits per heavy atom. The van der Waals surface area contributed by atoms with Crippen molar-refractivity contribution in [2.45, 2.75) is 26.3 Å². The highest BCUT2D eigenvalue weighted by atomic mass is 19.1. The first-order chi connectivity index (χ1) is 8.11. The van der Waals surface area contributed by atoms with Gasteiger partial charge >= 0.3 is 0 Å². The Bertz CT molecular complexity index is 407. The fourth-order valence-corrected chi connectivity index (χ4v) is 2.11. The van der Waals surface area contributed by atoms with Crippen LogP contribution in [-0.4, -0.2) is 19.7 Å². The van der Waals surface area contributed by atoms with Crippen molar-refractivity contribution in [1.29, 1.82) is 0 Å². The van der Waals surface area contributed by atoms with Gasteiger partial charge in [0.1, 0.15) is 0 Å². The zero-order valence-electron chi connectivity index (χ0n) is 10.5. The van der Waals surface area contributed by atoms with E-state index in [9.17, 15) is 4.39 Å². The molecule has 0 aliphatic carbocycles. The maximum atomic E-state index is 13.6. The molecule has 0 aromatic heterocycles. The number of benzene rings is 1. The third kappa shape index (κ3) is 2.46. The number of ether oxygens (including phenoxy) is 1. The fraction of sp³-hybridized carbons (Fsp3) is 0.538. The van der Waals surface area contributed by atoms with Crippen molar-refractivity contribution in [2.75, 3.05) is 24.3 Å². The van der Waals surface area contributed by atoms with Gasteiger partial charge in [-0.05, 0) is 12.3 Å². The van der Waals surface area contributed by atoms with Crippen LogP contribution in [0.25, 0.3) is 0 Å². The van der Waals surface area contributed by atoms with Gasteiger partial charge in [0.2, 0.25) is 0 Å². The molecule has 0 amide bonds. The lowest BCUT2D eigenvalue weighted by atomic mass is 10.0. The molecule has 0 saturated heterocycles. The molecule has 2 N–H and O–H groups in total. The maximum Gasteiger partial charge on any atom is 0.167 e. The van der Waals surface area contributed by atoms with E-state index >= 15 is 0 Å². The highest BCUT2D eigenvalue weighted by Crippen LogP contribution is 2.33. The van der Waals surface area contributed by atoms with Crippen molar-refractivity contribution in [3.05, 3.63) is 17.9 Å². The van der Waals surface area contributed by atoms with Crippen molar-refractivity contribution in [3.8, 4) is 5.75 Å². The molecule has 0 spiro atoms. The maximum absolute atomic E-state index is 13.6. The van der Waals surface area contributed by atoms with E-state index in [4.69, 9.17) is 4.74 Å². The predicted octanol–water partition coefficient (Wildman–Crippen LogP) is 3.09. The van der Waals surface area contributed by atoms with Crippen LogP contribution in [0.15, 0.2) is 12.1 Å². The van der Waals surface area contributed by atoms with Gasteiger partial charge in [0.15, 0.2) is 11.6 Å². The third-order valence-electron chi connectivity index (χ3n) is 3.21. The summed E-state index contributed by atoms with van der Waals surface area (Å²) < 4.78 is 18.6. The molecule has 3 nitrogen and oxygen atoms in total. The van der Waals surface area contributed by atoms with Gasteiger partial charge in [-0.2, -0.15) is 0 Å². The minimum absolute atomic E-state index is 0.280. The molecule has 0 radical (unpaired) electrons.